The summed E-state index contributed by atoms with van der Waals surface area (Å²) in [6.45, 7) is 1.20. The normalized spacial score (nSPS) is 56.0. The monoisotopic (exact) mass is 303 g/mol. The third-order valence-electron chi connectivity index (χ3n) is 9.86. The first-order valence-corrected chi connectivity index (χ1v) is 10.8. The van der Waals surface area contributed by atoms with Crippen LogP contribution in [0.5, 0.6) is 0 Å². The molecule has 121 valence electrons. The molecule has 0 aromatic heterocycles. The summed E-state index contributed by atoms with van der Waals surface area (Å²) in [4.78, 5) is 0. The average Bonchev–Trinajstić information content (AvgIpc) is 3.32. The first kappa shape index (κ1) is 15.9. The summed E-state index contributed by atoms with van der Waals surface area (Å²) < 4.78 is 0. The van der Waals surface area contributed by atoms with Crippen molar-refractivity contribution in [2.75, 3.05) is 0 Å². The van der Waals surface area contributed by atoms with E-state index in [2.05, 4.69) is 0 Å². The molecule has 6 aliphatic rings. The quantitative estimate of drug-likeness (QED) is 0.703. The molecule has 2 heteroatoms. The second-order valence-corrected chi connectivity index (χ2v) is 10.6. The minimum Gasteiger partial charge on any atom is -0.193 e. The third-order valence-corrected chi connectivity index (χ3v) is 9.86. The second-order valence-electron chi connectivity index (χ2n) is 10.6. The predicted octanol–water partition coefficient (Wildman–Crippen LogP) is 3.06. The van der Waals surface area contributed by atoms with Crippen molar-refractivity contribution in [3.63, 3.8) is 0 Å². The van der Waals surface area contributed by atoms with Crippen LogP contribution in [0.15, 0.2) is 0 Å². The van der Waals surface area contributed by atoms with Crippen molar-refractivity contribution in [3.05, 3.63) is 0 Å². The summed E-state index contributed by atoms with van der Waals surface area (Å²) in [6.07, 6.45) is 19.6. The van der Waals surface area contributed by atoms with E-state index in [1.54, 1.807) is 77.0 Å². The Labute approximate surface area is 155 Å². The minimum absolute atomic E-state index is 0. The van der Waals surface area contributed by atoms with Crippen LogP contribution in [0.1, 0.15) is 77.0 Å². The third kappa shape index (κ3) is 2.39. The fourth-order valence-corrected chi connectivity index (χ4v) is 9.25. The number of rotatable bonds is 3. The molecule has 6 aliphatic carbocycles. The maximum Gasteiger partial charge on any atom is 1.00 e. The number of hydrogen-bond donors (Lipinski definition) is 0. The van der Waals surface area contributed by atoms with Crippen molar-refractivity contribution < 1.29 is 18.9 Å². The van der Waals surface area contributed by atoms with Gasteiger partial charge in [-0.2, -0.15) is 17.5 Å². The van der Waals surface area contributed by atoms with Crippen LogP contribution in [0.3, 0.4) is 0 Å². The molecule has 0 nitrogen and oxygen atoms in total. The van der Waals surface area contributed by atoms with Gasteiger partial charge in [0.1, 0.15) is 0 Å². The van der Waals surface area contributed by atoms with Crippen LogP contribution in [0, 0.1) is 35.5 Å². The fraction of sp³-hybridized carbons (Fsp3) is 1.00. The Morgan fingerprint density at radius 2 is 0.783 bits per heavy atom. The van der Waals surface area contributed by atoms with Gasteiger partial charge in [0.2, 0.25) is 0 Å². The van der Waals surface area contributed by atoms with Crippen LogP contribution in [0.2, 0.25) is 17.5 Å². The molecule has 0 N–H and O–H groups in total. The molecule has 0 aromatic carbocycles. The van der Waals surface area contributed by atoms with E-state index >= 15 is 0 Å². The number of hydrogen-bond acceptors (Lipinski definition) is 0. The largest absolute Gasteiger partial charge is 1.00 e. The Balaban J connectivity index is 0.00000121. The molecule has 9 atom stereocenters. The van der Waals surface area contributed by atoms with E-state index < -0.39 is 0 Å². The molecule has 0 aromatic rings. The molecule has 0 amide bonds. The molecule has 6 bridgehead atoms. The van der Waals surface area contributed by atoms with Crippen molar-refractivity contribution in [3.8, 4) is 0 Å². The summed E-state index contributed by atoms with van der Waals surface area (Å²) in [5.74, 6) is 10.6. The van der Waals surface area contributed by atoms with E-state index in [0.717, 1.165) is 17.8 Å². The summed E-state index contributed by atoms with van der Waals surface area (Å²) in [6, 6.07) is 0. The maximum absolute atomic E-state index is 1.66. The molecule has 1 radical (unpaired) electrons. The van der Waals surface area contributed by atoms with Crippen molar-refractivity contribution in [1.29, 1.82) is 0 Å². The van der Waals surface area contributed by atoms with Crippen LogP contribution in [0.4, 0.5) is 0 Å². The Morgan fingerprint density at radius 1 is 0.435 bits per heavy atom. The van der Waals surface area contributed by atoms with Crippen molar-refractivity contribution in [1.82, 2.24) is 0 Å². The molecule has 0 heterocycles. The van der Waals surface area contributed by atoms with Crippen LogP contribution in [0.25, 0.3) is 0 Å². The van der Waals surface area contributed by atoms with Gasteiger partial charge in [0.05, 0.1) is 0 Å². The van der Waals surface area contributed by atoms with E-state index in [9.17, 15) is 0 Å². The van der Waals surface area contributed by atoms with Crippen LogP contribution in [-0.4, -0.2) is 6.71 Å². The molecular formula is C21H33BLi. The zero-order chi connectivity index (χ0) is 14.3. The van der Waals surface area contributed by atoms with E-state index in [4.69, 9.17) is 0 Å². The molecule has 6 fully saturated rings. The van der Waals surface area contributed by atoms with Crippen molar-refractivity contribution in [2.45, 2.75) is 94.5 Å². The number of fused-ring (bicyclic) bond motifs is 6. The fourth-order valence-electron chi connectivity index (χ4n) is 9.25. The summed E-state index contributed by atoms with van der Waals surface area (Å²) in [7, 11) is 0. The van der Waals surface area contributed by atoms with Crippen LogP contribution in [-0.2, 0) is 0 Å². The van der Waals surface area contributed by atoms with Gasteiger partial charge in [0, 0.05) is 0 Å². The Morgan fingerprint density at radius 3 is 1.00 bits per heavy atom. The molecule has 6 saturated carbocycles. The van der Waals surface area contributed by atoms with Gasteiger partial charge in [-0.25, -0.2) is 0 Å². The summed E-state index contributed by atoms with van der Waals surface area (Å²) >= 11 is 0. The minimum atomic E-state index is 0. The van der Waals surface area contributed by atoms with E-state index in [1.165, 1.54) is 41.9 Å². The van der Waals surface area contributed by atoms with Gasteiger partial charge in [-0.15, -0.1) is 6.71 Å². The summed E-state index contributed by atoms with van der Waals surface area (Å²) in [5, 5.41) is 0. The Bertz CT molecular complexity index is 398. The van der Waals surface area contributed by atoms with Crippen LogP contribution < -0.4 is 18.9 Å². The first-order chi connectivity index (χ1) is 10.8. The van der Waals surface area contributed by atoms with E-state index in [0.29, 0.717) is 0 Å². The van der Waals surface area contributed by atoms with Gasteiger partial charge < -0.3 is 0 Å². The SMILES string of the molecule is C1C[C@H]2C[C@@H]1C[C@H]2[B-]([C@@H]1C[C@H]2CC[C@@H]1C2)[C@@H]1C[C@H]2CC[C@@H]1C2.[Li+]. The molecule has 0 saturated heterocycles. The van der Waals surface area contributed by atoms with Gasteiger partial charge >= 0.3 is 18.9 Å². The topological polar surface area (TPSA) is 0 Å². The van der Waals surface area contributed by atoms with Gasteiger partial charge in [0.15, 0.2) is 0 Å². The van der Waals surface area contributed by atoms with Gasteiger partial charge in [-0.05, 0) is 17.8 Å². The smallest absolute Gasteiger partial charge is 0.193 e. The molecular weight excluding hydrogens is 270 g/mol. The van der Waals surface area contributed by atoms with Gasteiger partial charge in [0.25, 0.3) is 0 Å². The van der Waals surface area contributed by atoms with Crippen molar-refractivity contribution in [2.24, 2.45) is 35.5 Å². The molecule has 0 aliphatic heterocycles. The standard InChI is InChI=1S/C21H33B.Li/c1-4-16-7-13(1)10-19(16)22(20-11-14-2-5-17(20)8-14)21-12-15-3-6-18(21)9-15;/h13-21H,1-12H2;/q-1;+1/t13-,14-,15+,16+,17+,18-,19+,20+,21+;/m0./s1. The zero-order valence-electron chi connectivity index (χ0n) is 15.3. The molecule has 6 rings (SSSR count). The maximum atomic E-state index is 1.66. The molecule has 0 spiro atoms. The van der Waals surface area contributed by atoms with Crippen LogP contribution >= 0.6 is 0 Å². The summed E-state index contributed by atoms with van der Waals surface area (Å²) in [5.41, 5.74) is 0. The molecule has 23 heavy (non-hydrogen) atoms. The van der Waals surface area contributed by atoms with E-state index in [-0.39, 0.29) is 18.9 Å². The van der Waals surface area contributed by atoms with Crippen molar-refractivity contribution >= 4 is 6.71 Å². The Kier molecular flexibility index (Phi) is 4.03. The average molecular weight is 303 g/mol. The Hall–Kier alpha value is 0.662. The van der Waals surface area contributed by atoms with Gasteiger partial charge in [-0.1, -0.05) is 94.8 Å². The van der Waals surface area contributed by atoms with Gasteiger partial charge in [-0.3, -0.25) is 0 Å². The first-order valence-electron chi connectivity index (χ1n) is 10.8. The zero-order valence-corrected chi connectivity index (χ0v) is 15.3. The predicted molar refractivity (Wildman–Crippen MR) is 93.3 cm³/mol. The molecule has 0 unspecified atom stereocenters. The van der Waals surface area contributed by atoms with E-state index in [1.807, 2.05) is 0 Å². The second kappa shape index (κ2) is 5.84.